The maximum Gasteiger partial charge on any atom is 0.144 e. The number of imidazole rings is 1. The van der Waals surface area contributed by atoms with E-state index in [2.05, 4.69) is 16.5 Å². The van der Waals surface area contributed by atoms with Crippen LogP contribution in [0.25, 0.3) is 33.5 Å². The van der Waals surface area contributed by atoms with Gasteiger partial charge in [0.05, 0.1) is 22.2 Å². The van der Waals surface area contributed by atoms with Gasteiger partial charge in [-0.3, -0.25) is 0 Å². The molecule has 4 bridgehead atoms. The first kappa shape index (κ1) is 14.4. The summed E-state index contributed by atoms with van der Waals surface area (Å²) in [4.78, 5) is 4.61. The molecule has 0 amide bonds. The summed E-state index contributed by atoms with van der Waals surface area (Å²) >= 11 is 0. The third-order valence-corrected chi connectivity index (χ3v) is 4.60. The summed E-state index contributed by atoms with van der Waals surface area (Å²) in [6.07, 6.45) is 4.50. The highest BCUT2D eigenvalue weighted by atomic mass is 19.1. The lowest BCUT2D eigenvalue weighted by molar-refractivity contribution is 0.586. The van der Waals surface area contributed by atoms with Gasteiger partial charge in [-0.25, -0.2) is 13.8 Å². The summed E-state index contributed by atoms with van der Waals surface area (Å²) in [6.45, 7) is 2.95. The zero-order valence-corrected chi connectivity index (χ0v) is 13.1. The number of rotatable bonds is 5. The van der Waals surface area contributed by atoms with Crippen LogP contribution in [0.15, 0.2) is 30.3 Å². The van der Waals surface area contributed by atoms with Crippen molar-refractivity contribution in [3.63, 3.8) is 0 Å². The zero-order valence-electron chi connectivity index (χ0n) is 13.1. The minimum atomic E-state index is -0.515. The Morgan fingerprint density at radius 1 is 1.00 bits per heavy atom. The Morgan fingerprint density at radius 2 is 1.87 bits per heavy atom. The molecule has 2 nitrogen and oxygen atoms in total. The lowest BCUT2D eigenvalue weighted by Gasteiger charge is -2.08. The predicted octanol–water partition coefficient (Wildman–Crippen LogP) is 5.54. The van der Waals surface area contributed by atoms with E-state index < -0.39 is 11.6 Å². The monoisotopic (exact) mass is 312 g/mol. The van der Waals surface area contributed by atoms with Crippen molar-refractivity contribution in [1.29, 1.82) is 0 Å². The van der Waals surface area contributed by atoms with Crippen LogP contribution in [-0.2, 0) is 6.54 Å². The number of unbranched alkanes of at least 4 members (excludes halogenated alkanes) is 3. The standard InChI is InChI=1S/C19H18F2N2/c1-2-3-4-5-11-23-18-12-7-6-8-15(18)22-19(23)13-9-10-14(20)16(12)17(13)21/h6-10H,2-5,11H2,1H3. The highest BCUT2D eigenvalue weighted by Gasteiger charge is 2.27. The van der Waals surface area contributed by atoms with Crippen molar-refractivity contribution in [2.24, 2.45) is 0 Å². The molecule has 4 heteroatoms. The van der Waals surface area contributed by atoms with Gasteiger partial charge in [-0.05, 0) is 24.6 Å². The molecule has 1 aliphatic heterocycles. The Labute approximate surface area is 133 Å². The molecule has 1 aromatic heterocycles. The lowest BCUT2D eigenvalue weighted by atomic mass is 10.00. The van der Waals surface area contributed by atoms with E-state index in [-0.39, 0.29) is 5.56 Å². The topological polar surface area (TPSA) is 17.8 Å². The number of aryl methyl sites for hydroxylation is 1. The van der Waals surface area contributed by atoms with Crippen LogP contribution in [0.3, 0.4) is 0 Å². The van der Waals surface area contributed by atoms with Crippen molar-refractivity contribution in [2.75, 3.05) is 0 Å². The predicted molar refractivity (Wildman–Crippen MR) is 88.2 cm³/mol. The van der Waals surface area contributed by atoms with Crippen molar-refractivity contribution >= 4 is 11.0 Å². The van der Waals surface area contributed by atoms with E-state index in [0.29, 0.717) is 17.0 Å². The molecule has 3 aromatic rings. The van der Waals surface area contributed by atoms with Gasteiger partial charge in [-0.2, -0.15) is 0 Å². The molecule has 0 spiro atoms. The number of nitrogens with zero attached hydrogens (tertiary/aromatic N) is 2. The smallest absolute Gasteiger partial charge is 0.144 e. The Hall–Kier alpha value is -2.23. The fraction of sp³-hybridized carbons (Fsp3) is 0.316. The van der Waals surface area contributed by atoms with Crippen molar-refractivity contribution in [1.82, 2.24) is 9.55 Å². The molecule has 0 N–H and O–H groups in total. The molecule has 2 heterocycles. The molecule has 0 aliphatic carbocycles. The van der Waals surface area contributed by atoms with Crippen molar-refractivity contribution in [3.05, 3.63) is 42.0 Å². The van der Waals surface area contributed by atoms with Crippen molar-refractivity contribution in [2.45, 2.75) is 39.2 Å². The summed E-state index contributed by atoms with van der Waals surface area (Å²) in [5, 5.41) is 0. The summed E-state index contributed by atoms with van der Waals surface area (Å²) in [5.41, 5.74) is 2.72. The molecule has 1 aliphatic rings. The van der Waals surface area contributed by atoms with Gasteiger partial charge in [-0.1, -0.05) is 38.3 Å². The molecule has 0 saturated heterocycles. The third-order valence-electron chi connectivity index (χ3n) is 4.60. The summed E-state index contributed by atoms with van der Waals surface area (Å²) in [7, 11) is 0. The van der Waals surface area contributed by atoms with E-state index in [0.717, 1.165) is 30.4 Å². The van der Waals surface area contributed by atoms with Gasteiger partial charge < -0.3 is 4.57 Å². The van der Waals surface area contributed by atoms with Crippen LogP contribution in [0.4, 0.5) is 8.78 Å². The highest BCUT2D eigenvalue weighted by molar-refractivity contribution is 5.97. The second kappa shape index (κ2) is 5.44. The van der Waals surface area contributed by atoms with Crippen LogP contribution in [0.1, 0.15) is 32.6 Å². The first-order valence-electron chi connectivity index (χ1n) is 8.20. The van der Waals surface area contributed by atoms with Crippen molar-refractivity contribution in [3.8, 4) is 22.5 Å². The van der Waals surface area contributed by atoms with E-state index in [4.69, 9.17) is 0 Å². The van der Waals surface area contributed by atoms with E-state index >= 15 is 0 Å². The van der Waals surface area contributed by atoms with Crippen molar-refractivity contribution < 1.29 is 8.78 Å². The van der Waals surface area contributed by atoms with Crippen LogP contribution >= 0.6 is 0 Å². The van der Waals surface area contributed by atoms with Gasteiger partial charge in [0, 0.05) is 12.1 Å². The highest BCUT2D eigenvalue weighted by Crippen LogP contribution is 2.41. The maximum atomic E-state index is 14.8. The lowest BCUT2D eigenvalue weighted by Crippen LogP contribution is -2.00. The number of hydrogen-bond donors (Lipinski definition) is 0. The first-order valence-corrected chi connectivity index (χ1v) is 8.20. The summed E-state index contributed by atoms with van der Waals surface area (Å²) in [5.74, 6) is -0.406. The number of aromatic nitrogens is 2. The molecule has 0 saturated carbocycles. The molecule has 0 radical (unpaired) electrons. The van der Waals surface area contributed by atoms with E-state index in [1.807, 2.05) is 12.1 Å². The SMILES string of the molecule is CCCCCCn1c2nc3cccc(c31)-c1c(F)ccc-2c1F. The third kappa shape index (κ3) is 2.08. The molecule has 0 fully saturated rings. The molecule has 118 valence electrons. The molecular weight excluding hydrogens is 294 g/mol. The van der Waals surface area contributed by atoms with Gasteiger partial charge in [0.15, 0.2) is 0 Å². The molecule has 2 aromatic carbocycles. The van der Waals surface area contributed by atoms with E-state index in [9.17, 15) is 8.78 Å². The van der Waals surface area contributed by atoms with Crippen LogP contribution in [-0.4, -0.2) is 9.55 Å². The Balaban J connectivity index is 1.93. The maximum absolute atomic E-state index is 14.8. The number of fused-ring (bicyclic) bond motifs is 5. The fourth-order valence-electron chi connectivity index (χ4n) is 3.48. The molecule has 0 unspecified atom stereocenters. The largest absolute Gasteiger partial charge is 0.323 e. The number of para-hydroxylation sites is 1. The van der Waals surface area contributed by atoms with Crippen LogP contribution in [0, 0.1) is 11.6 Å². The Morgan fingerprint density at radius 3 is 2.70 bits per heavy atom. The minimum absolute atomic E-state index is 0.0720. The van der Waals surface area contributed by atoms with Crippen LogP contribution < -0.4 is 0 Å². The van der Waals surface area contributed by atoms with E-state index in [1.54, 1.807) is 6.07 Å². The molecule has 23 heavy (non-hydrogen) atoms. The average molecular weight is 312 g/mol. The molecular formula is C19H18F2N2. The number of halogens is 2. The zero-order chi connectivity index (χ0) is 16.0. The number of hydrogen-bond acceptors (Lipinski definition) is 1. The normalized spacial score (nSPS) is 12.1. The second-order valence-corrected chi connectivity index (χ2v) is 6.10. The Kier molecular flexibility index (Phi) is 3.40. The first-order chi connectivity index (χ1) is 11.2. The summed E-state index contributed by atoms with van der Waals surface area (Å²) in [6, 6.07) is 8.35. The fourth-order valence-corrected chi connectivity index (χ4v) is 3.48. The van der Waals surface area contributed by atoms with Gasteiger partial charge in [0.2, 0.25) is 0 Å². The van der Waals surface area contributed by atoms with Crippen LogP contribution in [0.5, 0.6) is 0 Å². The minimum Gasteiger partial charge on any atom is -0.323 e. The van der Waals surface area contributed by atoms with Gasteiger partial charge in [-0.15, -0.1) is 0 Å². The number of benzene rings is 2. The second-order valence-electron chi connectivity index (χ2n) is 6.10. The van der Waals surface area contributed by atoms with Gasteiger partial charge >= 0.3 is 0 Å². The quantitative estimate of drug-likeness (QED) is 0.442. The average Bonchev–Trinajstić information content (AvgIpc) is 2.88. The van der Waals surface area contributed by atoms with E-state index in [1.165, 1.54) is 25.0 Å². The van der Waals surface area contributed by atoms with Crippen LogP contribution in [0.2, 0.25) is 0 Å². The molecule has 0 atom stereocenters. The Bertz CT molecular complexity index is 896. The van der Waals surface area contributed by atoms with Gasteiger partial charge in [0.25, 0.3) is 0 Å². The van der Waals surface area contributed by atoms with Gasteiger partial charge in [0.1, 0.15) is 17.5 Å². The summed E-state index contributed by atoms with van der Waals surface area (Å²) < 4.78 is 31.1. The molecule has 4 rings (SSSR count).